The topological polar surface area (TPSA) is 50.7 Å². The van der Waals surface area contributed by atoms with Gasteiger partial charge in [0.15, 0.2) is 11.5 Å². The fraction of sp³-hybridized carbons (Fsp3) is 0.625. The van der Waals surface area contributed by atoms with Crippen molar-refractivity contribution in [3.05, 3.63) is 23.8 Å². The lowest BCUT2D eigenvalue weighted by atomic mass is 9.86. The molecule has 2 aliphatic rings. The fourth-order valence-corrected chi connectivity index (χ4v) is 3.14. The van der Waals surface area contributed by atoms with Gasteiger partial charge in [0.05, 0.1) is 0 Å². The predicted octanol–water partition coefficient (Wildman–Crippen LogP) is 2.62. The zero-order valence-electron chi connectivity index (χ0n) is 12.0. The normalized spacial score (nSPS) is 26.5. The summed E-state index contributed by atoms with van der Waals surface area (Å²) in [6, 6.07) is 7.01. The van der Waals surface area contributed by atoms with Gasteiger partial charge in [0.25, 0.3) is 0 Å². The molecule has 4 nitrogen and oxygen atoms in total. The number of nitrogens with one attached hydrogen (secondary N) is 1. The van der Waals surface area contributed by atoms with E-state index in [1.165, 1.54) is 5.56 Å². The Morgan fingerprint density at radius 3 is 2.70 bits per heavy atom. The number of aliphatic hydroxyl groups excluding tert-OH is 1. The van der Waals surface area contributed by atoms with Gasteiger partial charge < -0.3 is 19.9 Å². The Balaban J connectivity index is 1.58. The Morgan fingerprint density at radius 2 is 1.95 bits per heavy atom. The summed E-state index contributed by atoms with van der Waals surface area (Å²) >= 11 is 0. The van der Waals surface area contributed by atoms with Gasteiger partial charge in [-0.3, -0.25) is 0 Å². The van der Waals surface area contributed by atoms with Crippen LogP contribution in [-0.4, -0.2) is 24.5 Å². The molecule has 20 heavy (non-hydrogen) atoms. The molecule has 4 heteroatoms. The van der Waals surface area contributed by atoms with Crippen LogP contribution in [0.1, 0.15) is 44.2 Å². The second-order valence-electron chi connectivity index (χ2n) is 5.90. The van der Waals surface area contributed by atoms with Crippen LogP contribution in [0.4, 0.5) is 0 Å². The summed E-state index contributed by atoms with van der Waals surface area (Å²) in [5.41, 5.74) is 1.23. The van der Waals surface area contributed by atoms with Gasteiger partial charge >= 0.3 is 0 Å². The molecule has 0 aromatic heterocycles. The van der Waals surface area contributed by atoms with Crippen LogP contribution in [0.25, 0.3) is 0 Å². The number of fused-ring (bicyclic) bond motifs is 1. The number of hydrogen-bond donors (Lipinski definition) is 2. The third-order valence-electron chi connectivity index (χ3n) is 4.49. The Morgan fingerprint density at radius 1 is 1.20 bits per heavy atom. The molecule has 3 rings (SSSR count). The summed E-state index contributed by atoms with van der Waals surface area (Å²) in [7, 11) is 0. The zero-order valence-corrected chi connectivity index (χ0v) is 12.0. The van der Waals surface area contributed by atoms with E-state index >= 15 is 0 Å². The van der Waals surface area contributed by atoms with Crippen LogP contribution in [0, 0.1) is 5.92 Å². The summed E-state index contributed by atoms with van der Waals surface area (Å²) in [5.74, 6) is 2.19. The fourth-order valence-electron chi connectivity index (χ4n) is 3.14. The molecule has 1 aromatic rings. The van der Waals surface area contributed by atoms with Crippen molar-refractivity contribution in [3.8, 4) is 11.5 Å². The van der Waals surface area contributed by atoms with E-state index in [9.17, 15) is 5.11 Å². The van der Waals surface area contributed by atoms with Crippen LogP contribution < -0.4 is 14.8 Å². The molecule has 1 aromatic carbocycles. The minimum atomic E-state index is 0.306. The number of aliphatic hydroxyl groups is 1. The van der Waals surface area contributed by atoms with E-state index in [-0.39, 0.29) is 0 Å². The largest absolute Gasteiger partial charge is 0.454 e. The highest BCUT2D eigenvalue weighted by Crippen LogP contribution is 2.34. The van der Waals surface area contributed by atoms with Crippen molar-refractivity contribution in [3.63, 3.8) is 0 Å². The summed E-state index contributed by atoms with van der Waals surface area (Å²) in [6.07, 6.45) is 4.56. The first-order valence-corrected chi connectivity index (χ1v) is 7.52. The summed E-state index contributed by atoms with van der Waals surface area (Å²) < 4.78 is 10.8. The molecule has 110 valence electrons. The van der Waals surface area contributed by atoms with E-state index in [0.717, 1.165) is 37.2 Å². The van der Waals surface area contributed by atoms with Crippen molar-refractivity contribution >= 4 is 0 Å². The maximum Gasteiger partial charge on any atom is 0.231 e. The molecule has 1 atom stereocenters. The SMILES string of the molecule is CC(NC1CCC(CO)CC1)c1ccc2c(c1)OCO2. The summed E-state index contributed by atoms with van der Waals surface area (Å²) in [6.45, 7) is 2.85. The molecule has 1 saturated carbocycles. The maximum absolute atomic E-state index is 9.18. The Bertz CT molecular complexity index is 455. The minimum absolute atomic E-state index is 0.306. The van der Waals surface area contributed by atoms with E-state index in [1.807, 2.05) is 6.07 Å². The molecule has 0 amide bonds. The maximum atomic E-state index is 9.18. The van der Waals surface area contributed by atoms with Crippen molar-refractivity contribution in [1.29, 1.82) is 0 Å². The lowest BCUT2D eigenvalue weighted by Crippen LogP contribution is -2.35. The lowest BCUT2D eigenvalue weighted by Gasteiger charge is -2.30. The van der Waals surface area contributed by atoms with Crippen LogP contribution >= 0.6 is 0 Å². The van der Waals surface area contributed by atoms with Gasteiger partial charge in [0.2, 0.25) is 6.79 Å². The van der Waals surface area contributed by atoms with Crippen molar-refractivity contribution < 1.29 is 14.6 Å². The number of rotatable bonds is 4. The molecule has 1 heterocycles. The second kappa shape index (κ2) is 6.02. The van der Waals surface area contributed by atoms with Crippen LogP contribution in [0.3, 0.4) is 0 Å². The quantitative estimate of drug-likeness (QED) is 0.888. The smallest absolute Gasteiger partial charge is 0.231 e. The van der Waals surface area contributed by atoms with Gasteiger partial charge in [0.1, 0.15) is 0 Å². The number of hydrogen-bond acceptors (Lipinski definition) is 4. The number of ether oxygens (including phenoxy) is 2. The zero-order chi connectivity index (χ0) is 13.9. The molecule has 1 fully saturated rings. The molecule has 0 spiro atoms. The molecule has 0 radical (unpaired) electrons. The van der Waals surface area contributed by atoms with Crippen LogP contribution in [-0.2, 0) is 0 Å². The monoisotopic (exact) mass is 277 g/mol. The number of benzene rings is 1. The highest BCUT2D eigenvalue weighted by Gasteiger charge is 2.22. The highest BCUT2D eigenvalue weighted by atomic mass is 16.7. The minimum Gasteiger partial charge on any atom is -0.454 e. The molecular weight excluding hydrogens is 254 g/mol. The van der Waals surface area contributed by atoms with E-state index in [2.05, 4.69) is 24.4 Å². The predicted molar refractivity (Wildman–Crippen MR) is 76.9 cm³/mol. The molecule has 1 aliphatic carbocycles. The first kappa shape index (κ1) is 13.7. The van der Waals surface area contributed by atoms with E-state index < -0.39 is 0 Å². The van der Waals surface area contributed by atoms with Crippen LogP contribution in [0.5, 0.6) is 11.5 Å². The van der Waals surface area contributed by atoms with Gasteiger partial charge in [0, 0.05) is 18.7 Å². The third kappa shape index (κ3) is 2.91. The van der Waals surface area contributed by atoms with Gasteiger partial charge in [-0.25, -0.2) is 0 Å². The first-order valence-electron chi connectivity index (χ1n) is 7.52. The molecular formula is C16H23NO3. The average Bonchev–Trinajstić information content (AvgIpc) is 2.95. The van der Waals surface area contributed by atoms with Crippen LogP contribution in [0.15, 0.2) is 18.2 Å². The van der Waals surface area contributed by atoms with Crippen LogP contribution in [0.2, 0.25) is 0 Å². The molecule has 2 N–H and O–H groups in total. The van der Waals surface area contributed by atoms with Crippen molar-refractivity contribution in [2.75, 3.05) is 13.4 Å². The third-order valence-corrected chi connectivity index (χ3v) is 4.49. The van der Waals surface area contributed by atoms with E-state index in [4.69, 9.17) is 9.47 Å². The molecule has 1 unspecified atom stereocenters. The van der Waals surface area contributed by atoms with Gasteiger partial charge in [-0.1, -0.05) is 6.07 Å². The molecule has 1 aliphatic heterocycles. The lowest BCUT2D eigenvalue weighted by molar-refractivity contribution is 0.172. The van der Waals surface area contributed by atoms with Gasteiger partial charge in [-0.15, -0.1) is 0 Å². The molecule has 0 saturated heterocycles. The summed E-state index contributed by atoms with van der Waals surface area (Å²) in [4.78, 5) is 0. The van der Waals surface area contributed by atoms with E-state index in [0.29, 0.717) is 31.4 Å². The Labute approximate surface area is 120 Å². The standard InChI is InChI=1S/C16H23NO3/c1-11(17-14-5-2-12(9-18)3-6-14)13-4-7-15-16(8-13)20-10-19-15/h4,7-8,11-12,14,17-18H,2-3,5-6,9-10H2,1H3. The summed E-state index contributed by atoms with van der Waals surface area (Å²) in [5, 5.41) is 12.9. The van der Waals surface area contributed by atoms with Crippen molar-refractivity contribution in [1.82, 2.24) is 5.32 Å². The second-order valence-corrected chi connectivity index (χ2v) is 5.90. The Hall–Kier alpha value is -1.26. The Kier molecular flexibility index (Phi) is 4.13. The van der Waals surface area contributed by atoms with Gasteiger partial charge in [-0.2, -0.15) is 0 Å². The molecule has 0 bridgehead atoms. The highest BCUT2D eigenvalue weighted by molar-refractivity contribution is 5.45. The first-order chi connectivity index (χ1) is 9.76. The average molecular weight is 277 g/mol. The van der Waals surface area contributed by atoms with E-state index in [1.54, 1.807) is 0 Å². The van der Waals surface area contributed by atoms with Gasteiger partial charge in [-0.05, 0) is 56.2 Å². The van der Waals surface area contributed by atoms with Crippen molar-refractivity contribution in [2.45, 2.75) is 44.7 Å². The van der Waals surface area contributed by atoms with Crippen molar-refractivity contribution in [2.24, 2.45) is 5.92 Å².